The molecule has 0 unspecified atom stereocenters. The van der Waals surface area contributed by atoms with Crippen molar-refractivity contribution in [1.82, 2.24) is 10.3 Å². The number of benzene rings is 1. The van der Waals surface area contributed by atoms with Gasteiger partial charge in [-0.3, -0.25) is 0 Å². The number of fused-ring (bicyclic) bond motifs is 1. The molecule has 0 aliphatic carbocycles. The summed E-state index contributed by atoms with van der Waals surface area (Å²) in [6.07, 6.45) is 3.12. The van der Waals surface area contributed by atoms with E-state index in [1.54, 1.807) is 14.1 Å². The van der Waals surface area contributed by atoms with E-state index in [-0.39, 0.29) is 16.8 Å². The van der Waals surface area contributed by atoms with E-state index < -0.39 is 0 Å². The molecule has 0 saturated carbocycles. The van der Waals surface area contributed by atoms with Crippen molar-refractivity contribution in [3.8, 4) is 0 Å². The number of nitrogens with one attached hydrogen (secondary N) is 2. The minimum atomic E-state index is -0.344. The van der Waals surface area contributed by atoms with Crippen LogP contribution in [0.2, 0.25) is 0 Å². The van der Waals surface area contributed by atoms with Crippen molar-refractivity contribution in [1.29, 1.82) is 0 Å². The van der Waals surface area contributed by atoms with Gasteiger partial charge in [-0.05, 0) is 29.7 Å². The third-order valence-electron chi connectivity index (χ3n) is 3.97. The van der Waals surface area contributed by atoms with Crippen LogP contribution in [0.1, 0.15) is 11.1 Å². The first-order chi connectivity index (χ1) is 10.4. The van der Waals surface area contributed by atoms with Gasteiger partial charge in [0.2, 0.25) is 0 Å². The standard InChI is InChI=1S/C16H21N3O3/c1-19(2,21)6-5-12-9-17-15-4-3-11(8-14(12)15)7-13-10-22-16(20)18-13/h3-4,8-9,13,17H,5-7,10H2,1-2H3,(H,18,20)/t13-/m1/s1. The molecule has 3 rings (SSSR count). The molecule has 1 saturated heterocycles. The van der Waals surface area contributed by atoms with E-state index in [0.29, 0.717) is 13.2 Å². The molecule has 1 atom stereocenters. The van der Waals surface area contributed by atoms with Crippen molar-refractivity contribution in [2.45, 2.75) is 18.9 Å². The van der Waals surface area contributed by atoms with Crippen molar-refractivity contribution < 1.29 is 14.2 Å². The average Bonchev–Trinajstić information content (AvgIpc) is 3.02. The van der Waals surface area contributed by atoms with Gasteiger partial charge in [-0.25, -0.2) is 4.79 Å². The molecule has 1 aliphatic heterocycles. The summed E-state index contributed by atoms with van der Waals surface area (Å²) in [5, 5.41) is 15.7. The van der Waals surface area contributed by atoms with Crippen LogP contribution in [-0.4, -0.2) is 49.0 Å². The third-order valence-corrected chi connectivity index (χ3v) is 3.97. The number of amides is 1. The molecule has 2 heterocycles. The number of cyclic esters (lactones) is 1. The Kier molecular flexibility index (Phi) is 3.80. The number of likely N-dealkylation sites (N-methyl/N-ethyl adjacent to an activating group) is 1. The SMILES string of the molecule is C[N+](C)([O-])CCc1c[nH]c2ccc(C[C@@H]3COC(=O)N3)cc12. The molecule has 1 fully saturated rings. The number of alkyl carbamates (subject to hydrolysis) is 1. The number of carbonyl (C=O) groups is 1. The van der Waals surface area contributed by atoms with Gasteiger partial charge >= 0.3 is 6.09 Å². The maximum absolute atomic E-state index is 11.7. The fourth-order valence-corrected chi connectivity index (χ4v) is 2.77. The number of nitrogens with zero attached hydrogens (tertiary/aromatic N) is 1. The van der Waals surface area contributed by atoms with Crippen LogP contribution in [0, 0.1) is 5.21 Å². The summed E-state index contributed by atoms with van der Waals surface area (Å²) in [5.74, 6) is 0. The van der Waals surface area contributed by atoms with Crippen molar-refractivity contribution in [2.24, 2.45) is 0 Å². The zero-order chi connectivity index (χ0) is 15.7. The summed E-state index contributed by atoms with van der Waals surface area (Å²) >= 11 is 0. The first-order valence-electron chi connectivity index (χ1n) is 7.47. The number of rotatable bonds is 5. The number of ether oxygens (including phenoxy) is 1. The van der Waals surface area contributed by atoms with Crippen LogP contribution < -0.4 is 5.32 Å². The van der Waals surface area contributed by atoms with Crippen molar-refractivity contribution in [3.63, 3.8) is 0 Å². The number of aromatic amines is 1. The lowest BCUT2D eigenvalue weighted by molar-refractivity contribution is -0.839. The highest BCUT2D eigenvalue weighted by Crippen LogP contribution is 2.22. The second-order valence-electron chi connectivity index (χ2n) is 6.39. The lowest BCUT2D eigenvalue weighted by Gasteiger charge is -2.33. The van der Waals surface area contributed by atoms with Gasteiger partial charge in [0, 0.05) is 23.5 Å². The maximum atomic E-state index is 11.7. The van der Waals surface area contributed by atoms with Gasteiger partial charge in [0.15, 0.2) is 0 Å². The highest BCUT2D eigenvalue weighted by Gasteiger charge is 2.22. The van der Waals surface area contributed by atoms with E-state index in [4.69, 9.17) is 4.74 Å². The van der Waals surface area contributed by atoms with Gasteiger partial charge < -0.3 is 24.9 Å². The van der Waals surface area contributed by atoms with Gasteiger partial charge in [-0.2, -0.15) is 0 Å². The number of quaternary nitrogens is 1. The Morgan fingerprint density at radius 1 is 1.41 bits per heavy atom. The molecule has 1 aliphatic rings. The van der Waals surface area contributed by atoms with Gasteiger partial charge in [0.05, 0.1) is 26.7 Å². The molecule has 118 valence electrons. The zero-order valence-electron chi connectivity index (χ0n) is 12.9. The fourth-order valence-electron chi connectivity index (χ4n) is 2.77. The second-order valence-corrected chi connectivity index (χ2v) is 6.39. The first-order valence-corrected chi connectivity index (χ1v) is 7.47. The van der Waals surface area contributed by atoms with E-state index in [1.165, 1.54) is 0 Å². The summed E-state index contributed by atoms with van der Waals surface area (Å²) in [6, 6.07) is 6.27. The van der Waals surface area contributed by atoms with E-state index >= 15 is 0 Å². The molecule has 0 radical (unpaired) electrons. The molecule has 6 heteroatoms. The van der Waals surface area contributed by atoms with Crippen LogP contribution >= 0.6 is 0 Å². The lowest BCUT2D eigenvalue weighted by atomic mass is 10.0. The number of hydrogen-bond donors (Lipinski definition) is 2. The monoisotopic (exact) mass is 303 g/mol. The van der Waals surface area contributed by atoms with Gasteiger partial charge in [0.25, 0.3) is 0 Å². The van der Waals surface area contributed by atoms with Crippen LogP contribution in [0.15, 0.2) is 24.4 Å². The number of hydrogen-bond acceptors (Lipinski definition) is 3. The molecule has 6 nitrogen and oxygen atoms in total. The molecule has 2 N–H and O–H groups in total. The van der Waals surface area contributed by atoms with Crippen molar-refractivity contribution in [2.75, 3.05) is 27.2 Å². The Balaban J connectivity index is 1.77. The average molecular weight is 303 g/mol. The Morgan fingerprint density at radius 2 is 2.23 bits per heavy atom. The minimum absolute atomic E-state index is 0.0320. The lowest BCUT2D eigenvalue weighted by Crippen LogP contribution is -2.34. The van der Waals surface area contributed by atoms with Gasteiger partial charge in [0.1, 0.15) is 6.61 Å². The van der Waals surface area contributed by atoms with Crippen LogP contribution in [0.5, 0.6) is 0 Å². The molecular formula is C16H21N3O3. The van der Waals surface area contributed by atoms with E-state index in [9.17, 15) is 10.0 Å². The van der Waals surface area contributed by atoms with E-state index in [1.807, 2.05) is 12.3 Å². The number of aromatic nitrogens is 1. The van der Waals surface area contributed by atoms with Crippen LogP contribution in [0.25, 0.3) is 10.9 Å². The smallest absolute Gasteiger partial charge is 0.407 e. The largest absolute Gasteiger partial charge is 0.633 e. The third kappa shape index (κ3) is 3.40. The Labute approximate surface area is 129 Å². The maximum Gasteiger partial charge on any atom is 0.407 e. The van der Waals surface area contributed by atoms with Crippen LogP contribution in [0.3, 0.4) is 0 Å². The Morgan fingerprint density at radius 3 is 2.91 bits per heavy atom. The first kappa shape index (κ1) is 14.9. The second kappa shape index (κ2) is 5.62. The predicted octanol–water partition coefficient (Wildman–Crippen LogP) is 1.94. The van der Waals surface area contributed by atoms with E-state index in [2.05, 4.69) is 22.4 Å². The summed E-state index contributed by atoms with van der Waals surface area (Å²) in [7, 11) is 3.31. The summed E-state index contributed by atoms with van der Waals surface area (Å²) in [4.78, 5) is 14.3. The zero-order valence-corrected chi connectivity index (χ0v) is 12.9. The molecule has 0 bridgehead atoms. The Hall–Kier alpha value is -2.05. The number of H-pyrrole nitrogens is 1. The topological polar surface area (TPSA) is 77.2 Å². The summed E-state index contributed by atoms with van der Waals surface area (Å²) in [5.41, 5.74) is 3.38. The molecule has 2 aromatic rings. The molecule has 1 aromatic heterocycles. The quantitative estimate of drug-likeness (QED) is 0.654. The van der Waals surface area contributed by atoms with Crippen molar-refractivity contribution >= 4 is 17.0 Å². The predicted molar refractivity (Wildman–Crippen MR) is 84.3 cm³/mol. The summed E-state index contributed by atoms with van der Waals surface area (Å²) in [6.45, 7) is 0.961. The molecular weight excluding hydrogens is 282 g/mol. The number of hydroxylamine groups is 3. The van der Waals surface area contributed by atoms with Crippen LogP contribution in [-0.2, 0) is 17.6 Å². The van der Waals surface area contributed by atoms with Crippen molar-refractivity contribution in [3.05, 3.63) is 40.7 Å². The number of carbonyl (C=O) groups excluding carboxylic acids is 1. The molecule has 1 amide bonds. The van der Waals surface area contributed by atoms with Crippen LogP contribution in [0.4, 0.5) is 4.79 Å². The highest BCUT2D eigenvalue weighted by molar-refractivity contribution is 5.84. The highest BCUT2D eigenvalue weighted by atomic mass is 16.6. The Bertz CT molecular complexity index is 687. The van der Waals surface area contributed by atoms with Gasteiger partial charge in [-0.15, -0.1) is 0 Å². The fraction of sp³-hybridized carbons (Fsp3) is 0.438. The molecule has 1 aromatic carbocycles. The van der Waals surface area contributed by atoms with E-state index in [0.717, 1.165) is 34.9 Å². The normalized spacial score (nSPS) is 18.5. The minimum Gasteiger partial charge on any atom is -0.633 e. The molecule has 22 heavy (non-hydrogen) atoms. The molecule has 0 spiro atoms. The van der Waals surface area contributed by atoms with Gasteiger partial charge in [-0.1, -0.05) is 6.07 Å². The summed E-state index contributed by atoms with van der Waals surface area (Å²) < 4.78 is 4.62.